The Kier molecular flexibility index (Phi) is 2.87. The van der Waals surface area contributed by atoms with Gasteiger partial charge in [-0.2, -0.15) is 0 Å². The number of fused-ring (bicyclic) bond motifs is 2. The highest BCUT2D eigenvalue weighted by atomic mass is 16.3. The number of aromatic hydroxyl groups is 1. The molecule has 0 aliphatic rings. The van der Waals surface area contributed by atoms with E-state index in [9.17, 15) is 5.11 Å². The maximum Gasteiger partial charge on any atom is 0.119 e. The second-order valence-corrected chi connectivity index (χ2v) is 5.64. The lowest BCUT2D eigenvalue weighted by atomic mass is 9.90. The van der Waals surface area contributed by atoms with Gasteiger partial charge in [-0.15, -0.1) is 0 Å². The first-order valence-electron chi connectivity index (χ1n) is 7.45. The van der Waals surface area contributed by atoms with Crippen LogP contribution in [-0.4, -0.2) is 5.11 Å². The zero-order valence-electron chi connectivity index (χ0n) is 12.4. The highest BCUT2D eigenvalue weighted by molar-refractivity contribution is 6.07. The summed E-state index contributed by atoms with van der Waals surface area (Å²) in [6.45, 7) is 1.98. The van der Waals surface area contributed by atoms with Crippen LogP contribution >= 0.6 is 0 Å². The molecule has 0 unspecified atom stereocenters. The van der Waals surface area contributed by atoms with Gasteiger partial charge in [0.2, 0.25) is 0 Å². The van der Waals surface area contributed by atoms with Crippen LogP contribution in [0.4, 0.5) is 0 Å². The summed E-state index contributed by atoms with van der Waals surface area (Å²) in [6.07, 6.45) is 0. The summed E-state index contributed by atoms with van der Waals surface area (Å²) in [4.78, 5) is 0. The zero-order chi connectivity index (χ0) is 15.1. The topological polar surface area (TPSA) is 20.2 Å². The third-order valence-corrected chi connectivity index (χ3v) is 4.34. The van der Waals surface area contributed by atoms with Gasteiger partial charge in [0.05, 0.1) is 0 Å². The third-order valence-electron chi connectivity index (χ3n) is 4.34. The van der Waals surface area contributed by atoms with Crippen LogP contribution in [0.3, 0.4) is 0 Å². The summed E-state index contributed by atoms with van der Waals surface area (Å²) < 4.78 is 0. The maximum atomic E-state index is 10.3. The van der Waals surface area contributed by atoms with Gasteiger partial charge in [0.15, 0.2) is 0 Å². The lowest BCUT2D eigenvalue weighted by molar-refractivity contribution is 0.472. The summed E-state index contributed by atoms with van der Waals surface area (Å²) in [7, 11) is 0. The summed E-state index contributed by atoms with van der Waals surface area (Å²) in [5.74, 6) is 0.349. The third kappa shape index (κ3) is 1.86. The van der Waals surface area contributed by atoms with Gasteiger partial charge >= 0.3 is 0 Å². The molecule has 0 radical (unpaired) electrons. The van der Waals surface area contributed by atoms with Crippen LogP contribution in [0.5, 0.6) is 5.75 Å². The normalized spacial score (nSPS) is 11.1. The van der Waals surface area contributed by atoms with Crippen LogP contribution in [-0.2, 0) is 0 Å². The molecule has 1 nitrogen and oxygen atoms in total. The molecule has 0 saturated carbocycles. The minimum Gasteiger partial charge on any atom is -0.508 e. The van der Waals surface area contributed by atoms with Gasteiger partial charge in [-0.05, 0) is 51.2 Å². The molecule has 4 aromatic rings. The lowest BCUT2D eigenvalue weighted by Crippen LogP contribution is -1.89. The minimum atomic E-state index is 0.349. The van der Waals surface area contributed by atoms with Crippen molar-refractivity contribution in [2.45, 2.75) is 6.92 Å². The molecular weight excluding hydrogens is 268 g/mol. The number of phenolic OH excluding ortho intramolecular Hbond substituents is 1. The number of hydrogen-bond donors (Lipinski definition) is 1. The van der Waals surface area contributed by atoms with Gasteiger partial charge in [0.25, 0.3) is 0 Å². The SMILES string of the molecule is Cc1c(O)cc2ccccc2c1-c1cccc2ccccc12. The van der Waals surface area contributed by atoms with Crippen LogP contribution < -0.4 is 0 Å². The van der Waals surface area contributed by atoms with Crippen LogP contribution in [0, 0.1) is 6.92 Å². The van der Waals surface area contributed by atoms with Gasteiger partial charge in [-0.1, -0.05) is 66.7 Å². The van der Waals surface area contributed by atoms with Crippen molar-refractivity contribution in [3.63, 3.8) is 0 Å². The second kappa shape index (κ2) is 4.88. The van der Waals surface area contributed by atoms with Crippen LogP contribution in [0.15, 0.2) is 72.8 Å². The molecule has 22 heavy (non-hydrogen) atoms. The highest BCUT2D eigenvalue weighted by Crippen LogP contribution is 2.39. The molecule has 0 aliphatic heterocycles. The van der Waals surface area contributed by atoms with Crippen molar-refractivity contribution in [3.05, 3.63) is 78.4 Å². The second-order valence-electron chi connectivity index (χ2n) is 5.64. The summed E-state index contributed by atoms with van der Waals surface area (Å²) in [5.41, 5.74) is 3.21. The monoisotopic (exact) mass is 284 g/mol. The number of rotatable bonds is 1. The number of benzene rings is 4. The minimum absolute atomic E-state index is 0.349. The van der Waals surface area contributed by atoms with Crippen molar-refractivity contribution in [3.8, 4) is 16.9 Å². The fraction of sp³-hybridized carbons (Fsp3) is 0.0476. The van der Waals surface area contributed by atoms with E-state index in [-0.39, 0.29) is 0 Å². The van der Waals surface area contributed by atoms with E-state index in [1.165, 1.54) is 21.7 Å². The Bertz CT molecular complexity index is 994. The molecule has 0 atom stereocenters. The largest absolute Gasteiger partial charge is 0.508 e. The van der Waals surface area contributed by atoms with Gasteiger partial charge in [-0.25, -0.2) is 0 Å². The zero-order valence-corrected chi connectivity index (χ0v) is 12.4. The molecule has 0 aliphatic carbocycles. The van der Waals surface area contributed by atoms with Crippen molar-refractivity contribution >= 4 is 21.5 Å². The van der Waals surface area contributed by atoms with E-state index >= 15 is 0 Å². The molecule has 1 N–H and O–H groups in total. The van der Waals surface area contributed by atoms with E-state index in [4.69, 9.17) is 0 Å². The predicted molar refractivity (Wildman–Crippen MR) is 93.3 cm³/mol. The molecule has 0 heterocycles. The molecule has 0 fully saturated rings. The Morgan fingerprint density at radius 1 is 0.682 bits per heavy atom. The Hall–Kier alpha value is -2.80. The van der Waals surface area contributed by atoms with Gasteiger partial charge in [0.1, 0.15) is 5.75 Å². The van der Waals surface area contributed by atoms with E-state index in [2.05, 4.69) is 48.5 Å². The first-order chi connectivity index (χ1) is 10.8. The number of phenols is 1. The Labute approximate surface area is 129 Å². The fourth-order valence-electron chi connectivity index (χ4n) is 3.23. The van der Waals surface area contributed by atoms with E-state index < -0.39 is 0 Å². The molecule has 106 valence electrons. The smallest absolute Gasteiger partial charge is 0.119 e. The van der Waals surface area contributed by atoms with E-state index in [1.807, 2.05) is 31.2 Å². The number of hydrogen-bond acceptors (Lipinski definition) is 1. The van der Waals surface area contributed by atoms with Crippen LogP contribution in [0.25, 0.3) is 32.7 Å². The molecule has 0 saturated heterocycles. The van der Waals surface area contributed by atoms with Crippen molar-refractivity contribution in [2.75, 3.05) is 0 Å². The van der Waals surface area contributed by atoms with Gasteiger partial charge < -0.3 is 5.11 Å². The standard InChI is InChI=1S/C21H16O/c1-14-20(22)13-16-8-3-5-11-18(16)21(14)19-12-6-9-15-7-2-4-10-17(15)19/h2-13,22H,1H3. The molecule has 0 bridgehead atoms. The predicted octanol–water partition coefficient (Wildman–Crippen LogP) is 5.67. The lowest BCUT2D eigenvalue weighted by Gasteiger charge is -2.14. The highest BCUT2D eigenvalue weighted by Gasteiger charge is 2.13. The molecular formula is C21H16O. The molecule has 0 spiro atoms. The van der Waals surface area contributed by atoms with E-state index in [0.717, 1.165) is 16.5 Å². The summed E-state index contributed by atoms with van der Waals surface area (Å²) in [6, 6.07) is 24.8. The summed E-state index contributed by atoms with van der Waals surface area (Å²) >= 11 is 0. The molecule has 0 aromatic heterocycles. The fourth-order valence-corrected chi connectivity index (χ4v) is 3.23. The summed E-state index contributed by atoms with van der Waals surface area (Å²) in [5, 5.41) is 15.0. The van der Waals surface area contributed by atoms with Crippen LogP contribution in [0.2, 0.25) is 0 Å². The van der Waals surface area contributed by atoms with Crippen molar-refractivity contribution in [2.24, 2.45) is 0 Å². The molecule has 0 amide bonds. The Morgan fingerprint density at radius 2 is 1.32 bits per heavy atom. The van der Waals surface area contributed by atoms with Gasteiger partial charge in [0, 0.05) is 0 Å². The first-order valence-corrected chi connectivity index (χ1v) is 7.45. The average molecular weight is 284 g/mol. The average Bonchev–Trinajstić information content (AvgIpc) is 2.56. The van der Waals surface area contributed by atoms with Crippen molar-refractivity contribution in [1.82, 2.24) is 0 Å². The van der Waals surface area contributed by atoms with Crippen molar-refractivity contribution in [1.29, 1.82) is 0 Å². The van der Waals surface area contributed by atoms with E-state index in [1.54, 1.807) is 0 Å². The van der Waals surface area contributed by atoms with Crippen LogP contribution in [0.1, 0.15) is 5.56 Å². The Morgan fingerprint density at radius 3 is 2.14 bits per heavy atom. The van der Waals surface area contributed by atoms with E-state index in [0.29, 0.717) is 5.75 Å². The molecule has 4 aromatic carbocycles. The molecule has 4 rings (SSSR count). The molecule has 1 heteroatoms. The first kappa shape index (κ1) is 12.9. The van der Waals surface area contributed by atoms with Crippen molar-refractivity contribution < 1.29 is 5.11 Å². The van der Waals surface area contributed by atoms with Gasteiger partial charge in [-0.3, -0.25) is 0 Å². The maximum absolute atomic E-state index is 10.3. The Balaban J connectivity index is 2.19. The quantitative estimate of drug-likeness (QED) is 0.477.